The fourth-order valence-electron chi connectivity index (χ4n) is 3.23. The van der Waals surface area contributed by atoms with Crippen LogP contribution in [-0.4, -0.2) is 34.8 Å². The van der Waals surface area contributed by atoms with Crippen LogP contribution in [-0.2, 0) is 25.7 Å². The molecule has 0 atom stereocenters. The van der Waals surface area contributed by atoms with Crippen molar-refractivity contribution in [1.82, 2.24) is 20.4 Å². The van der Waals surface area contributed by atoms with Crippen LogP contribution in [0.25, 0.3) is 0 Å². The van der Waals surface area contributed by atoms with Crippen LogP contribution < -0.4 is 10.6 Å². The molecule has 0 amide bonds. The highest BCUT2D eigenvalue weighted by Gasteiger charge is 2.16. The first kappa shape index (κ1) is 16.9. The normalized spacial score (nSPS) is 14.3. The summed E-state index contributed by atoms with van der Waals surface area (Å²) in [6, 6.07) is 0. The molecule has 0 unspecified atom stereocenters. The first-order valence-electron chi connectivity index (χ1n) is 8.94. The number of aryl methyl sites for hydroxylation is 3. The summed E-state index contributed by atoms with van der Waals surface area (Å²) < 4.78 is 5.23. The third-order valence-electron chi connectivity index (χ3n) is 4.62. The molecule has 3 rings (SSSR count). The Morgan fingerprint density at radius 2 is 2.00 bits per heavy atom. The lowest BCUT2D eigenvalue weighted by molar-refractivity contribution is 0.392. The third kappa shape index (κ3) is 3.75. The van der Waals surface area contributed by atoms with Crippen molar-refractivity contribution in [2.24, 2.45) is 0 Å². The van der Waals surface area contributed by atoms with Gasteiger partial charge in [-0.3, -0.25) is 0 Å². The van der Waals surface area contributed by atoms with Gasteiger partial charge in [-0.1, -0.05) is 12.1 Å². The van der Waals surface area contributed by atoms with E-state index in [0.717, 1.165) is 74.8 Å². The molecule has 6 heteroatoms. The van der Waals surface area contributed by atoms with Crippen LogP contribution in [0.15, 0.2) is 4.52 Å². The molecule has 0 spiro atoms. The molecule has 3 heterocycles. The van der Waals surface area contributed by atoms with Gasteiger partial charge in [0.25, 0.3) is 0 Å². The lowest BCUT2D eigenvalue weighted by Crippen LogP contribution is -2.16. The average molecular weight is 329 g/mol. The zero-order valence-corrected chi connectivity index (χ0v) is 14.9. The lowest BCUT2D eigenvalue weighted by atomic mass is 10.1. The average Bonchev–Trinajstić information content (AvgIpc) is 2.79. The minimum atomic E-state index is 0.870. The standard InChI is InChI=1S/C18H27N5O/c1-4-17-21-16-8-11-19-10-7-15(16)18(22-17)20-9-5-6-14-12(2)23-24-13(14)3/h19H,4-11H2,1-3H3,(H,20,21,22). The molecule has 24 heavy (non-hydrogen) atoms. The molecule has 0 aliphatic carbocycles. The molecule has 0 bridgehead atoms. The SMILES string of the molecule is CCc1nc2c(c(NCCCc3c(C)noc3C)n1)CCNCC2. The second-order valence-electron chi connectivity index (χ2n) is 6.35. The number of nitrogens with one attached hydrogen (secondary N) is 2. The molecule has 2 aromatic rings. The zero-order valence-electron chi connectivity index (χ0n) is 14.9. The van der Waals surface area contributed by atoms with Crippen LogP contribution >= 0.6 is 0 Å². The van der Waals surface area contributed by atoms with E-state index in [1.807, 2.05) is 13.8 Å². The number of rotatable bonds is 6. The number of nitrogens with zero attached hydrogens (tertiary/aromatic N) is 3. The molecule has 6 nitrogen and oxygen atoms in total. The summed E-state index contributed by atoms with van der Waals surface area (Å²) in [5, 5.41) is 11.0. The van der Waals surface area contributed by atoms with E-state index in [4.69, 9.17) is 14.5 Å². The van der Waals surface area contributed by atoms with Crippen molar-refractivity contribution in [2.75, 3.05) is 25.0 Å². The van der Waals surface area contributed by atoms with Crippen molar-refractivity contribution in [3.05, 3.63) is 34.1 Å². The van der Waals surface area contributed by atoms with Gasteiger partial charge in [-0.2, -0.15) is 0 Å². The van der Waals surface area contributed by atoms with E-state index in [-0.39, 0.29) is 0 Å². The predicted octanol–water partition coefficient (Wildman–Crippen LogP) is 2.38. The van der Waals surface area contributed by atoms with Crippen LogP contribution in [0.4, 0.5) is 5.82 Å². The minimum Gasteiger partial charge on any atom is -0.370 e. The summed E-state index contributed by atoms with van der Waals surface area (Å²) in [4.78, 5) is 9.47. The van der Waals surface area contributed by atoms with Gasteiger partial charge in [0.05, 0.1) is 11.4 Å². The Balaban J connectivity index is 1.66. The highest BCUT2D eigenvalue weighted by Crippen LogP contribution is 2.20. The fourth-order valence-corrected chi connectivity index (χ4v) is 3.23. The first-order valence-corrected chi connectivity index (χ1v) is 8.94. The molecule has 2 N–H and O–H groups in total. The van der Waals surface area contributed by atoms with Crippen molar-refractivity contribution in [3.63, 3.8) is 0 Å². The number of hydrogen-bond donors (Lipinski definition) is 2. The van der Waals surface area contributed by atoms with Crippen LogP contribution in [0.2, 0.25) is 0 Å². The molecular formula is C18H27N5O. The van der Waals surface area contributed by atoms with E-state index in [0.29, 0.717) is 0 Å². The summed E-state index contributed by atoms with van der Waals surface area (Å²) in [6.07, 6.45) is 4.85. The number of hydrogen-bond acceptors (Lipinski definition) is 6. The summed E-state index contributed by atoms with van der Waals surface area (Å²) in [6.45, 7) is 8.98. The van der Waals surface area contributed by atoms with Crippen LogP contribution in [0, 0.1) is 13.8 Å². The lowest BCUT2D eigenvalue weighted by Gasteiger charge is -2.14. The van der Waals surface area contributed by atoms with Crippen molar-refractivity contribution < 1.29 is 4.52 Å². The smallest absolute Gasteiger partial charge is 0.137 e. The molecule has 0 aromatic carbocycles. The predicted molar refractivity (Wildman–Crippen MR) is 94.5 cm³/mol. The van der Waals surface area contributed by atoms with E-state index in [9.17, 15) is 0 Å². The second-order valence-corrected chi connectivity index (χ2v) is 6.35. The van der Waals surface area contributed by atoms with Gasteiger partial charge in [-0.25, -0.2) is 9.97 Å². The van der Waals surface area contributed by atoms with E-state index >= 15 is 0 Å². The molecule has 2 aromatic heterocycles. The van der Waals surface area contributed by atoms with Gasteiger partial charge in [0.15, 0.2) is 0 Å². The largest absolute Gasteiger partial charge is 0.370 e. The van der Waals surface area contributed by atoms with E-state index in [1.54, 1.807) is 0 Å². The maximum Gasteiger partial charge on any atom is 0.137 e. The van der Waals surface area contributed by atoms with Crippen molar-refractivity contribution >= 4 is 5.82 Å². The Kier molecular flexibility index (Phi) is 5.45. The Labute approximate surface area is 143 Å². The molecule has 0 saturated carbocycles. The second kappa shape index (κ2) is 7.75. The molecule has 130 valence electrons. The highest BCUT2D eigenvalue weighted by molar-refractivity contribution is 5.47. The van der Waals surface area contributed by atoms with Crippen molar-refractivity contribution in [1.29, 1.82) is 0 Å². The highest BCUT2D eigenvalue weighted by atomic mass is 16.5. The zero-order chi connectivity index (χ0) is 16.9. The third-order valence-corrected chi connectivity index (χ3v) is 4.62. The number of fused-ring (bicyclic) bond motifs is 1. The van der Waals surface area contributed by atoms with Crippen LogP contribution in [0.3, 0.4) is 0 Å². The monoisotopic (exact) mass is 329 g/mol. The van der Waals surface area contributed by atoms with Gasteiger partial charge in [0.1, 0.15) is 17.4 Å². The molecule has 0 radical (unpaired) electrons. The maximum absolute atomic E-state index is 5.23. The van der Waals surface area contributed by atoms with Gasteiger partial charge in [-0.15, -0.1) is 0 Å². The molecular weight excluding hydrogens is 302 g/mol. The van der Waals surface area contributed by atoms with Crippen molar-refractivity contribution in [2.45, 2.75) is 52.9 Å². The first-order chi connectivity index (χ1) is 11.7. The van der Waals surface area contributed by atoms with Crippen molar-refractivity contribution in [3.8, 4) is 0 Å². The van der Waals surface area contributed by atoms with Crippen LogP contribution in [0.5, 0.6) is 0 Å². The summed E-state index contributed by atoms with van der Waals surface area (Å²) in [5.74, 6) is 2.89. The van der Waals surface area contributed by atoms with Gasteiger partial charge < -0.3 is 15.2 Å². The topological polar surface area (TPSA) is 75.9 Å². The van der Waals surface area contributed by atoms with E-state index < -0.39 is 0 Å². The number of anilines is 1. The van der Waals surface area contributed by atoms with Gasteiger partial charge in [0, 0.05) is 37.1 Å². The van der Waals surface area contributed by atoms with E-state index in [2.05, 4.69) is 22.7 Å². The minimum absolute atomic E-state index is 0.870. The molecule has 1 aliphatic rings. The van der Waals surface area contributed by atoms with Gasteiger partial charge in [-0.05, 0) is 39.7 Å². The Hall–Kier alpha value is -1.95. The summed E-state index contributed by atoms with van der Waals surface area (Å²) in [5.41, 5.74) is 4.73. The van der Waals surface area contributed by atoms with Crippen LogP contribution in [0.1, 0.15) is 47.4 Å². The summed E-state index contributed by atoms with van der Waals surface area (Å²) in [7, 11) is 0. The maximum atomic E-state index is 5.23. The van der Waals surface area contributed by atoms with E-state index in [1.165, 1.54) is 16.8 Å². The Morgan fingerprint density at radius 3 is 2.75 bits per heavy atom. The van der Waals surface area contributed by atoms with Gasteiger partial charge in [0.2, 0.25) is 0 Å². The quantitative estimate of drug-likeness (QED) is 0.793. The molecule has 0 fully saturated rings. The molecule has 1 aliphatic heterocycles. The number of aromatic nitrogens is 3. The molecule has 0 saturated heterocycles. The fraction of sp³-hybridized carbons (Fsp3) is 0.611. The Morgan fingerprint density at radius 1 is 1.17 bits per heavy atom. The Bertz CT molecular complexity index is 675. The van der Waals surface area contributed by atoms with Gasteiger partial charge >= 0.3 is 0 Å². The summed E-state index contributed by atoms with van der Waals surface area (Å²) >= 11 is 0.